The third-order valence-electron chi connectivity index (χ3n) is 2.76. The summed E-state index contributed by atoms with van der Waals surface area (Å²) in [6.45, 7) is 0. The predicted molar refractivity (Wildman–Crippen MR) is 80.0 cm³/mol. The molecule has 0 unspecified atom stereocenters. The van der Waals surface area contributed by atoms with Crippen LogP contribution in [-0.2, 0) is 0 Å². The molecular weight excluding hydrogens is 314 g/mol. The summed E-state index contributed by atoms with van der Waals surface area (Å²) >= 11 is 7.31. The summed E-state index contributed by atoms with van der Waals surface area (Å²) in [6.07, 6.45) is 1.74. The molecule has 0 saturated carbocycles. The van der Waals surface area contributed by atoms with E-state index in [1.54, 1.807) is 12.3 Å². The first kappa shape index (κ1) is 15.2. The summed E-state index contributed by atoms with van der Waals surface area (Å²) in [5.74, 6) is -0.0782. The van der Waals surface area contributed by atoms with Crippen LogP contribution in [0.2, 0.25) is 5.02 Å². The van der Waals surface area contributed by atoms with Crippen LogP contribution in [0.25, 0.3) is 11.3 Å². The summed E-state index contributed by atoms with van der Waals surface area (Å²) in [7, 11) is 1.39. The fraction of sp³-hybridized carbons (Fsp3) is 0.154. The standard InChI is InChI=1S/C13H10ClN3O3S/c1-20-8-4-3-6(9(14)11(8)18)10-7(5-15)12(19)17-13(16-10)21-2/h3-4,18H,1-2H3,(H,16,17,19). The van der Waals surface area contributed by atoms with E-state index >= 15 is 0 Å². The SMILES string of the molecule is COc1ccc(-c2nc(SC)[nH]c(=O)c2C#N)c(Cl)c1O. The topological polar surface area (TPSA) is 99.0 Å². The van der Waals surface area contributed by atoms with Gasteiger partial charge in [-0.15, -0.1) is 0 Å². The number of thioether (sulfide) groups is 1. The van der Waals surface area contributed by atoms with E-state index in [2.05, 4.69) is 9.97 Å². The molecule has 21 heavy (non-hydrogen) atoms. The van der Waals surface area contributed by atoms with Crippen molar-refractivity contribution in [3.63, 3.8) is 0 Å². The largest absolute Gasteiger partial charge is 0.503 e. The van der Waals surface area contributed by atoms with Crippen LogP contribution in [0.1, 0.15) is 5.56 Å². The predicted octanol–water partition coefficient (Wildman–Crippen LogP) is 2.40. The molecule has 1 aromatic heterocycles. The summed E-state index contributed by atoms with van der Waals surface area (Å²) in [4.78, 5) is 18.6. The van der Waals surface area contributed by atoms with E-state index in [1.807, 2.05) is 0 Å². The monoisotopic (exact) mass is 323 g/mol. The zero-order valence-electron chi connectivity index (χ0n) is 11.1. The van der Waals surface area contributed by atoms with Crippen molar-refractivity contribution >= 4 is 23.4 Å². The van der Waals surface area contributed by atoms with Gasteiger partial charge in [-0.1, -0.05) is 23.4 Å². The number of aromatic nitrogens is 2. The molecule has 108 valence electrons. The quantitative estimate of drug-likeness (QED) is 0.664. The van der Waals surface area contributed by atoms with Crippen LogP contribution in [0, 0.1) is 11.3 Å². The molecule has 8 heteroatoms. The lowest BCUT2D eigenvalue weighted by Crippen LogP contribution is -2.14. The van der Waals surface area contributed by atoms with Crippen LogP contribution in [0.4, 0.5) is 0 Å². The molecule has 0 aliphatic heterocycles. The van der Waals surface area contributed by atoms with Crippen LogP contribution in [0.15, 0.2) is 22.1 Å². The molecule has 0 spiro atoms. The first-order valence-corrected chi connectivity index (χ1v) is 7.28. The van der Waals surface area contributed by atoms with Crippen molar-refractivity contribution in [1.82, 2.24) is 9.97 Å². The molecule has 6 nitrogen and oxygen atoms in total. The first-order valence-electron chi connectivity index (χ1n) is 5.67. The van der Waals surface area contributed by atoms with Gasteiger partial charge >= 0.3 is 0 Å². The van der Waals surface area contributed by atoms with E-state index in [1.165, 1.54) is 31.0 Å². The molecule has 2 N–H and O–H groups in total. The highest BCUT2D eigenvalue weighted by Crippen LogP contribution is 2.40. The zero-order valence-corrected chi connectivity index (χ0v) is 12.7. The Balaban J connectivity index is 2.79. The Hall–Kier alpha value is -2.17. The third-order valence-corrected chi connectivity index (χ3v) is 3.72. The van der Waals surface area contributed by atoms with E-state index in [0.29, 0.717) is 5.16 Å². The normalized spacial score (nSPS) is 10.2. The van der Waals surface area contributed by atoms with Gasteiger partial charge in [-0.2, -0.15) is 5.26 Å². The van der Waals surface area contributed by atoms with Crippen molar-refractivity contribution in [3.8, 4) is 28.8 Å². The number of aromatic hydroxyl groups is 1. The number of halogens is 1. The van der Waals surface area contributed by atoms with Gasteiger partial charge in [-0.25, -0.2) is 4.98 Å². The van der Waals surface area contributed by atoms with E-state index < -0.39 is 5.56 Å². The van der Waals surface area contributed by atoms with Gasteiger partial charge in [0.1, 0.15) is 11.6 Å². The lowest BCUT2D eigenvalue weighted by atomic mass is 10.1. The Morgan fingerprint density at radius 1 is 1.52 bits per heavy atom. The number of phenols is 1. The molecule has 0 aliphatic carbocycles. The number of phenolic OH excluding ortho intramolecular Hbond substituents is 1. The Labute approximate surface area is 129 Å². The maximum Gasteiger partial charge on any atom is 0.270 e. The van der Waals surface area contributed by atoms with Crippen molar-refractivity contribution in [2.75, 3.05) is 13.4 Å². The van der Waals surface area contributed by atoms with Gasteiger partial charge in [0.2, 0.25) is 0 Å². The van der Waals surface area contributed by atoms with Gasteiger partial charge in [-0.3, -0.25) is 4.79 Å². The Bertz CT molecular complexity index is 798. The van der Waals surface area contributed by atoms with Crippen molar-refractivity contribution in [1.29, 1.82) is 5.26 Å². The van der Waals surface area contributed by atoms with Crippen LogP contribution in [-0.4, -0.2) is 28.4 Å². The number of methoxy groups -OCH3 is 1. The Morgan fingerprint density at radius 3 is 2.81 bits per heavy atom. The average Bonchev–Trinajstić information content (AvgIpc) is 2.49. The van der Waals surface area contributed by atoms with E-state index in [-0.39, 0.29) is 33.3 Å². The van der Waals surface area contributed by atoms with Gasteiger partial charge < -0.3 is 14.8 Å². The molecule has 0 aliphatic rings. The molecule has 1 heterocycles. The number of nitrogens with one attached hydrogen (secondary N) is 1. The fourth-order valence-corrected chi connectivity index (χ4v) is 2.37. The van der Waals surface area contributed by atoms with Gasteiger partial charge in [0.15, 0.2) is 16.7 Å². The lowest BCUT2D eigenvalue weighted by Gasteiger charge is -2.10. The number of rotatable bonds is 3. The third kappa shape index (κ3) is 2.68. The van der Waals surface area contributed by atoms with E-state index in [9.17, 15) is 9.90 Å². The molecule has 2 aromatic rings. The Morgan fingerprint density at radius 2 is 2.24 bits per heavy atom. The number of benzene rings is 1. The van der Waals surface area contributed by atoms with E-state index in [4.69, 9.17) is 21.6 Å². The zero-order chi connectivity index (χ0) is 15.6. The molecule has 0 fully saturated rings. The van der Waals surface area contributed by atoms with Crippen LogP contribution in [0.5, 0.6) is 11.5 Å². The fourth-order valence-electron chi connectivity index (χ4n) is 1.74. The van der Waals surface area contributed by atoms with Crippen molar-refractivity contribution < 1.29 is 9.84 Å². The first-order chi connectivity index (χ1) is 10.0. The summed E-state index contributed by atoms with van der Waals surface area (Å²) < 4.78 is 4.95. The highest BCUT2D eigenvalue weighted by Gasteiger charge is 2.19. The number of nitrogens with zero attached hydrogens (tertiary/aromatic N) is 2. The molecule has 0 amide bonds. The van der Waals surface area contributed by atoms with Gasteiger partial charge in [0.05, 0.1) is 17.8 Å². The number of aromatic amines is 1. The average molecular weight is 324 g/mol. The number of hydrogen-bond donors (Lipinski definition) is 2. The molecule has 0 bridgehead atoms. The van der Waals surface area contributed by atoms with Crippen LogP contribution >= 0.6 is 23.4 Å². The summed E-state index contributed by atoms with van der Waals surface area (Å²) in [6, 6.07) is 4.82. The smallest absolute Gasteiger partial charge is 0.270 e. The number of H-pyrrole nitrogens is 1. The summed E-state index contributed by atoms with van der Waals surface area (Å²) in [5.41, 5.74) is -0.320. The molecule has 0 saturated heterocycles. The van der Waals surface area contributed by atoms with Crippen molar-refractivity contribution in [3.05, 3.63) is 33.1 Å². The van der Waals surface area contributed by atoms with E-state index in [0.717, 1.165) is 0 Å². The second kappa shape index (κ2) is 6.08. The second-order valence-corrected chi connectivity index (χ2v) is 5.06. The molecule has 2 rings (SSSR count). The van der Waals surface area contributed by atoms with Gasteiger partial charge in [0, 0.05) is 5.56 Å². The van der Waals surface area contributed by atoms with Gasteiger partial charge in [0.25, 0.3) is 5.56 Å². The highest BCUT2D eigenvalue weighted by molar-refractivity contribution is 7.98. The molecule has 0 radical (unpaired) electrons. The number of ether oxygens (including phenoxy) is 1. The van der Waals surface area contributed by atoms with Crippen molar-refractivity contribution in [2.45, 2.75) is 5.16 Å². The minimum atomic E-state index is -0.557. The minimum absolute atomic E-state index is 0.0315. The van der Waals surface area contributed by atoms with Crippen LogP contribution in [0.3, 0.4) is 0 Å². The minimum Gasteiger partial charge on any atom is -0.503 e. The van der Waals surface area contributed by atoms with Crippen LogP contribution < -0.4 is 10.3 Å². The number of nitriles is 1. The Kier molecular flexibility index (Phi) is 4.40. The van der Waals surface area contributed by atoms with Gasteiger partial charge in [-0.05, 0) is 18.4 Å². The summed E-state index contributed by atoms with van der Waals surface area (Å²) in [5, 5.41) is 19.4. The maximum atomic E-state index is 11.9. The highest BCUT2D eigenvalue weighted by atomic mass is 35.5. The van der Waals surface area contributed by atoms with Crippen molar-refractivity contribution in [2.24, 2.45) is 0 Å². The molecule has 0 atom stereocenters. The molecule has 1 aromatic carbocycles. The second-order valence-electron chi connectivity index (χ2n) is 3.89. The molecular formula is C13H10ClN3O3S. The maximum absolute atomic E-state index is 11.9. The lowest BCUT2D eigenvalue weighted by molar-refractivity contribution is 0.374. The number of hydrogen-bond acceptors (Lipinski definition) is 6.